The zero-order valence-corrected chi connectivity index (χ0v) is 15.0. The molecule has 1 saturated carbocycles. The molecule has 132 valence electrons. The second-order valence-corrected chi connectivity index (χ2v) is 7.74. The van der Waals surface area contributed by atoms with Crippen LogP contribution in [0.1, 0.15) is 36.2 Å². The molecule has 1 aliphatic heterocycles. The molecule has 1 aliphatic carbocycles. The predicted molar refractivity (Wildman–Crippen MR) is 97.9 cm³/mol. The van der Waals surface area contributed by atoms with E-state index in [0.717, 1.165) is 37.0 Å². The van der Waals surface area contributed by atoms with Crippen molar-refractivity contribution in [3.05, 3.63) is 59.7 Å². The normalized spacial score (nSPS) is 26.0. The maximum absolute atomic E-state index is 6.16. The Morgan fingerprint density at radius 1 is 1.24 bits per heavy atom. The molecule has 2 aromatic rings. The summed E-state index contributed by atoms with van der Waals surface area (Å²) in [6.07, 6.45) is 7.77. The molecule has 0 unspecified atom stereocenters. The Labute approximate surface area is 150 Å². The summed E-state index contributed by atoms with van der Waals surface area (Å²) in [4.78, 5) is 11.3. The number of pyridine rings is 2. The third kappa shape index (κ3) is 3.75. The number of aromatic nitrogens is 2. The van der Waals surface area contributed by atoms with Gasteiger partial charge in [0.25, 0.3) is 0 Å². The van der Waals surface area contributed by atoms with Crippen LogP contribution < -0.4 is 0 Å². The van der Waals surface area contributed by atoms with Crippen LogP contribution in [0.3, 0.4) is 0 Å². The molecule has 4 rings (SSSR count). The van der Waals surface area contributed by atoms with Crippen LogP contribution in [0.2, 0.25) is 0 Å². The molecular formula is C21H27N3O. The second-order valence-electron chi connectivity index (χ2n) is 7.74. The van der Waals surface area contributed by atoms with Crippen LogP contribution in [0.15, 0.2) is 42.7 Å². The first-order valence-electron chi connectivity index (χ1n) is 9.35. The number of ether oxygens (including phenoxy) is 1. The number of fused-ring (bicyclic) bond motifs is 1. The molecule has 2 aromatic heterocycles. The van der Waals surface area contributed by atoms with Gasteiger partial charge >= 0.3 is 0 Å². The van der Waals surface area contributed by atoms with E-state index in [1.807, 2.05) is 25.4 Å². The molecule has 0 spiro atoms. The van der Waals surface area contributed by atoms with E-state index >= 15 is 0 Å². The van der Waals surface area contributed by atoms with Gasteiger partial charge in [0, 0.05) is 43.1 Å². The maximum Gasteiger partial charge on any atom is 0.0888 e. The lowest BCUT2D eigenvalue weighted by Gasteiger charge is -2.29. The first kappa shape index (κ1) is 16.7. The van der Waals surface area contributed by atoms with Crippen molar-refractivity contribution in [3.63, 3.8) is 0 Å². The number of nitrogens with zero attached hydrogens (tertiary/aromatic N) is 3. The summed E-state index contributed by atoms with van der Waals surface area (Å²) in [5.41, 5.74) is 3.80. The Morgan fingerprint density at radius 3 is 2.96 bits per heavy atom. The molecule has 1 saturated heterocycles. The molecule has 0 N–H and O–H groups in total. The first-order chi connectivity index (χ1) is 12.2. The minimum absolute atomic E-state index is 0.344. The van der Waals surface area contributed by atoms with Gasteiger partial charge in [-0.2, -0.15) is 0 Å². The van der Waals surface area contributed by atoms with Gasteiger partial charge in [-0.25, -0.2) is 0 Å². The third-order valence-electron chi connectivity index (χ3n) is 5.85. The highest BCUT2D eigenvalue weighted by molar-refractivity contribution is 5.12. The van der Waals surface area contributed by atoms with E-state index in [1.54, 1.807) is 0 Å². The number of hydrogen-bond donors (Lipinski definition) is 0. The lowest BCUT2D eigenvalue weighted by Crippen LogP contribution is -2.32. The van der Waals surface area contributed by atoms with E-state index in [-0.39, 0.29) is 0 Å². The molecule has 0 amide bonds. The van der Waals surface area contributed by atoms with E-state index in [9.17, 15) is 0 Å². The number of hydrogen-bond acceptors (Lipinski definition) is 4. The predicted octanol–water partition coefficient (Wildman–Crippen LogP) is 3.60. The molecule has 25 heavy (non-hydrogen) atoms. The largest absolute Gasteiger partial charge is 0.375 e. The van der Waals surface area contributed by atoms with Crippen molar-refractivity contribution in [3.8, 4) is 0 Å². The van der Waals surface area contributed by atoms with Crippen molar-refractivity contribution < 1.29 is 4.74 Å². The summed E-state index contributed by atoms with van der Waals surface area (Å²) in [7, 11) is 0. The minimum Gasteiger partial charge on any atom is -0.375 e. The lowest BCUT2D eigenvalue weighted by atomic mass is 9.81. The number of aryl methyl sites for hydroxylation is 1. The summed E-state index contributed by atoms with van der Waals surface area (Å²) in [6, 6.07) is 10.4. The topological polar surface area (TPSA) is 38.2 Å². The van der Waals surface area contributed by atoms with Gasteiger partial charge in [0.1, 0.15) is 0 Å². The van der Waals surface area contributed by atoms with Crippen molar-refractivity contribution in [1.82, 2.24) is 14.9 Å². The van der Waals surface area contributed by atoms with Crippen molar-refractivity contribution >= 4 is 0 Å². The summed E-state index contributed by atoms with van der Waals surface area (Å²) in [6.45, 7) is 6.90. The Hall–Kier alpha value is -1.78. The number of rotatable bonds is 6. The highest BCUT2D eigenvalue weighted by Gasteiger charge is 2.49. The van der Waals surface area contributed by atoms with Gasteiger partial charge in [-0.3, -0.25) is 14.9 Å². The second kappa shape index (κ2) is 7.22. The van der Waals surface area contributed by atoms with Gasteiger partial charge < -0.3 is 4.74 Å². The van der Waals surface area contributed by atoms with Crippen LogP contribution in [0, 0.1) is 18.3 Å². The highest BCUT2D eigenvalue weighted by Crippen LogP contribution is 2.49. The Balaban J connectivity index is 1.36. The average Bonchev–Trinajstić information content (AvgIpc) is 3.12. The van der Waals surface area contributed by atoms with Crippen LogP contribution in [0.5, 0.6) is 0 Å². The summed E-state index contributed by atoms with van der Waals surface area (Å²) in [5, 5.41) is 0. The van der Waals surface area contributed by atoms with Crippen molar-refractivity contribution in [2.75, 3.05) is 19.7 Å². The van der Waals surface area contributed by atoms with Crippen LogP contribution in [-0.2, 0) is 17.9 Å². The smallest absolute Gasteiger partial charge is 0.0888 e. The SMILES string of the molecule is Cc1cccc(COC[C@@]23CCC[C@@H]2CN(Cc2ccncc2)C3)n1. The molecule has 3 heterocycles. The van der Waals surface area contributed by atoms with Crippen LogP contribution in [-0.4, -0.2) is 34.6 Å². The van der Waals surface area contributed by atoms with Crippen LogP contribution in [0.4, 0.5) is 0 Å². The van der Waals surface area contributed by atoms with Crippen molar-refractivity contribution in [1.29, 1.82) is 0 Å². The molecule has 0 bridgehead atoms. The summed E-state index contributed by atoms with van der Waals surface area (Å²) >= 11 is 0. The highest BCUT2D eigenvalue weighted by atomic mass is 16.5. The Kier molecular flexibility index (Phi) is 4.82. The van der Waals surface area contributed by atoms with Gasteiger partial charge in [0.2, 0.25) is 0 Å². The molecule has 4 nitrogen and oxygen atoms in total. The molecule has 4 heteroatoms. The molecule has 2 atom stereocenters. The average molecular weight is 337 g/mol. The Bertz CT molecular complexity index is 705. The number of likely N-dealkylation sites (tertiary alicyclic amines) is 1. The fourth-order valence-corrected chi connectivity index (χ4v) is 4.67. The monoisotopic (exact) mass is 337 g/mol. The van der Waals surface area contributed by atoms with Crippen LogP contribution in [0.25, 0.3) is 0 Å². The molecule has 0 radical (unpaired) electrons. The fraction of sp³-hybridized carbons (Fsp3) is 0.524. The van der Waals surface area contributed by atoms with Crippen molar-refractivity contribution in [2.45, 2.75) is 39.3 Å². The zero-order chi connectivity index (χ0) is 17.1. The molecule has 2 aliphatic rings. The summed E-state index contributed by atoms with van der Waals surface area (Å²) in [5.74, 6) is 0.778. The zero-order valence-electron chi connectivity index (χ0n) is 15.0. The van der Waals surface area contributed by atoms with Crippen molar-refractivity contribution in [2.24, 2.45) is 11.3 Å². The van der Waals surface area contributed by atoms with Crippen LogP contribution >= 0.6 is 0 Å². The lowest BCUT2D eigenvalue weighted by molar-refractivity contribution is 0.0252. The molecular weight excluding hydrogens is 310 g/mol. The fourth-order valence-electron chi connectivity index (χ4n) is 4.67. The molecule has 2 fully saturated rings. The summed E-state index contributed by atoms with van der Waals surface area (Å²) < 4.78 is 6.16. The third-order valence-corrected chi connectivity index (χ3v) is 5.85. The van der Waals surface area contributed by atoms with E-state index < -0.39 is 0 Å². The van der Waals surface area contributed by atoms with Gasteiger partial charge in [-0.1, -0.05) is 12.5 Å². The van der Waals surface area contributed by atoms with Gasteiger partial charge in [-0.05, 0) is 55.5 Å². The van der Waals surface area contributed by atoms with Gasteiger partial charge in [-0.15, -0.1) is 0 Å². The van der Waals surface area contributed by atoms with Gasteiger partial charge in [0.05, 0.1) is 18.9 Å². The first-order valence-corrected chi connectivity index (χ1v) is 9.35. The quantitative estimate of drug-likeness (QED) is 0.807. The van der Waals surface area contributed by atoms with E-state index in [1.165, 1.54) is 31.4 Å². The van der Waals surface area contributed by atoms with Gasteiger partial charge in [0.15, 0.2) is 0 Å². The van der Waals surface area contributed by atoms with E-state index in [0.29, 0.717) is 12.0 Å². The van der Waals surface area contributed by atoms with E-state index in [4.69, 9.17) is 4.74 Å². The minimum atomic E-state index is 0.344. The Morgan fingerprint density at radius 2 is 2.12 bits per heavy atom. The standard InChI is InChI=1S/C21H27N3O/c1-17-4-2-6-20(23-17)14-25-16-21-9-3-5-19(21)13-24(15-21)12-18-7-10-22-11-8-18/h2,4,6-8,10-11,19H,3,5,9,12-16H2,1H3/t19-,21+/m1/s1. The van der Waals surface area contributed by atoms with E-state index in [2.05, 4.69) is 39.1 Å². The maximum atomic E-state index is 6.16. The molecule has 0 aromatic carbocycles.